The lowest BCUT2D eigenvalue weighted by molar-refractivity contribution is 0.241. The van der Waals surface area contributed by atoms with E-state index < -0.39 is 26.9 Å². The van der Waals surface area contributed by atoms with E-state index in [9.17, 15) is 17.2 Å². The average molecular weight is 616 g/mol. The smallest absolute Gasteiger partial charge is 0.229 e. The Morgan fingerprint density at radius 1 is 1.13 bits per heavy atom. The molecule has 39 heavy (non-hydrogen) atoms. The fraction of sp³-hybridized carbons (Fsp3) is 0.385. The van der Waals surface area contributed by atoms with Crippen LogP contribution in [0.3, 0.4) is 0 Å². The molecule has 202 valence electrons. The lowest BCUT2D eigenvalue weighted by atomic mass is 9.66. The Bertz CT molecular complexity index is 1720. The molecule has 0 spiro atoms. The molecule has 13 heteroatoms. The number of nitrogens with zero attached hydrogens (tertiary/aromatic N) is 7. The molecule has 0 amide bonds. The number of aryl methyl sites for hydroxylation is 1. The fourth-order valence-electron chi connectivity index (χ4n) is 6.27. The number of fused-ring (bicyclic) bond motifs is 5. The lowest BCUT2D eigenvalue weighted by Crippen LogP contribution is -2.38. The van der Waals surface area contributed by atoms with Gasteiger partial charge in [0.05, 0.1) is 38.3 Å². The summed E-state index contributed by atoms with van der Waals surface area (Å²) in [4.78, 5) is 13.6. The van der Waals surface area contributed by atoms with Crippen LogP contribution in [0.25, 0.3) is 17.2 Å². The van der Waals surface area contributed by atoms with Crippen molar-refractivity contribution in [2.24, 2.45) is 5.41 Å². The van der Waals surface area contributed by atoms with Crippen LogP contribution < -0.4 is 0 Å². The molecule has 1 aromatic carbocycles. The van der Waals surface area contributed by atoms with Gasteiger partial charge in [0, 0.05) is 18.9 Å². The van der Waals surface area contributed by atoms with Gasteiger partial charge in [0.2, 0.25) is 0 Å². The van der Waals surface area contributed by atoms with Crippen LogP contribution in [-0.2, 0) is 21.7 Å². The van der Waals surface area contributed by atoms with Crippen molar-refractivity contribution < 1.29 is 17.2 Å². The van der Waals surface area contributed by atoms with Gasteiger partial charge in [-0.2, -0.15) is 9.78 Å². The quantitative estimate of drug-likeness (QED) is 0.314. The van der Waals surface area contributed by atoms with Crippen LogP contribution in [0.4, 0.5) is 8.78 Å². The highest BCUT2D eigenvalue weighted by Gasteiger charge is 2.65. The van der Waals surface area contributed by atoms with E-state index in [4.69, 9.17) is 4.98 Å². The maximum atomic E-state index is 14.6. The lowest BCUT2D eigenvalue weighted by Gasteiger charge is -2.37. The second-order valence-electron chi connectivity index (χ2n) is 10.7. The Morgan fingerprint density at radius 2 is 1.87 bits per heavy atom. The Hall–Kier alpha value is -3.19. The van der Waals surface area contributed by atoms with E-state index in [-0.39, 0.29) is 40.7 Å². The van der Waals surface area contributed by atoms with E-state index in [0.717, 1.165) is 24.1 Å². The largest absolute Gasteiger partial charge is 0.252 e. The van der Waals surface area contributed by atoms with Crippen molar-refractivity contribution >= 4 is 25.8 Å². The minimum Gasteiger partial charge on any atom is -0.229 e. The zero-order valence-corrected chi connectivity index (χ0v) is 23.8. The van der Waals surface area contributed by atoms with Crippen molar-refractivity contribution in [1.29, 1.82) is 0 Å². The molecule has 0 radical (unpaired) electrons. The number of halogens is 3. The molecule has 1 saturated carbocycles. The van der Waals surface area contributed by atoms with Gasteiger partial charge in [-0.3, -0.25) is 0 Å². The Kier molecular flexibility index (Phi) is 5.96. The van der Waals surface area contributed by atoms with Crippen LogP contribution in [0.5, 0.6) is 0 Å². The summed E-state index contributed by atoms with van der Waals surface area (Å²) in [7, 11) is -3.16. The molecular formula is C26H24BrF2N7O2S. The van der Waals surface area contributed by atoms with E-state index >= 15 is 0 Å². The number of hydrogen-bond donors (Lipinski definition) is 0. The first-order valence-corrected chi connectivity index (χ1v) is 15.2. The average Bonchev–Trinajstić information content (AvgIpc) is 3.50. The van der Waals surface area contributed by atoms with Crippen LogP contribution in [-0.4, -0.2) is 55.4 Å². The summed E-state index contributed by atoms with van der Waals surface area (Å²) >= 11 is 3.65. The van der Waals surface area contributed by atoms with Gasteiger partial charge in [-0.1, -0.05) is 19.9 Å². The highest BCUT2D eigenvalue weighted by atomic mass is 79.9. The minimum absolute atomic E-state index is 0.0592. The van der Waals surface area contributed by atoms with Crippen molar-refractivity contribution in [2.75, 3.05) is 12.0 Å². The molecule has 6 rings (SSSR count). The first-order chi connectivity index (χ1) is 18.4. The van der Waals surface area contributed by atoms with Crippen LogP contribution in [0.2, 0.25) is 0 Å². The van der Waals surface area contributed by atoms with Gasteiger partial charge >= 0.3 is 0 Å². The Labute approximate surface area is 232 Å². The number of aromatic nitrogens is 7. The molecule has 3 aromatic heterocycles. The van der Waals surface area contributed by atoms with Gasteiger partial charge in [-0.15, -0.1) is 10.2 Å². The van der Waals surface area contributed by atoms with Gasteiger partial charge in [-0.25, -0.2) is 32.2 Å². The molecule has 3 heterocycles. The predicted molar refractivity (Wildman–Crippen MR) is 142 cm³/mol. The van der Waals surface area contributed by atoms with E-state index in [1.807, 2.05) is 0 Å². The number of hydrogen-bond acceptors (Lipinski definition) is 8. The molecule has 0 unspecified atom stereocenters. The predicted octanol–water partition coefficient (Wildman–Crippen LogP) is 4.35. The normalized spacial score (nSPS) is 21.3. The van der Waals surface area contributed by atoms with Gasteiger partial charge in [0.1, 0.15) is 27.8 Å². The number of rotatable bonds is 6. The topological polar surface area (TPSA) is 116 Å². The molecule has 2 aliphatic rings. The summed E-state index contributed by atoms with van der Waals surface area (Å²) in [5.74, 6) is -0.696. The van der Waals surface area contributed by atoms with Gasteiger partial charge in [0.15, 0.2) is 5.82 Å². The van der Waals surface area contributed by atoms with Crippen molar-refractivity contribution in [3.05, 3.63) is 75.7 Å². The molecule has 2 bridgehead atoms. The van der Waals surface area contributed by atoms with Gasteiger partial charge in [0.25, 0.3) is 5.95 Å². The SMILES string of the molecule is CC1(C)[C@H]2CC[C@@]1(c1nc(-n3cnc(CCS(C)(=O)=O)n3)ncc1Br)c1nnc(-c3c(F)cccc3F)cc12. The van der Waals surface area contributed by atoms with Gasteiger partial charge < -0.3 is 0 Å². The molecule has 2 atom stereocenters. The van der Waals surface area contributed by atoms with Crippen molar-refractivity contribution in [3.63, 3.8) is 0 Å². The van der Waals surface area contributed by atoms with Crippen molar-refractivity contribution in [1.82, 2.24) is 34.9 Å². The second-order valence-corrected chi connectivity index (χ2v) is 13.8. The molecule has 2 aliphatic carbocycles. The Balaban J connectivity index is 1.45. The molecule has 0 N–H and O–H groups in total. The van der Waals surface area contributed by atoms with Crippen molar-refractivity contribution in [2.45, 2.75) is 44.4 Å². The van der Waals surface area contributed by atoms with Gasteiger partial charge in [-0.05, 0) is 63.9 Å². The molecule has 4 aromatic rings. The summed E-state index contributed by atoms with van der Waals surface area (Å²) in [6.45, 7) is 4.31. The highest BCUT2D eigenvalue weighted by molar-refractivity contribution is 9.10. The minimum atomic E-state index is -3.16. The first kappa shape index (κ1) is 26.1. The summed E-state index contributed by atoms with van der Waals surface area (Å²) in [6, 6.07) is 5.50. The third-order valence-corrected chi connectivity index (χ3v) is 9.70. The Morgan fingerprint density at radius 3 is 2.59 bits per heavy atom. The van der Waals surface area contributed by atoms with Crippen LogP contribution in [0, 0.1) is 17.0 Å². The summed E-state index contributed by atoms with van der Waals surface area (Å²) < 4.78 is 54.3. The van der Waals surface area contributed by atoms with Crippen molar-refractivity contribution in [3.8, 4) is 17.2 Å². The zero-order valence-electron chi connectivity index (χ0n) is 21.4. The molecule has 0 aliphatic heterocycles. The third-order valence-electron chi connectivity index (χ3n) is 8.18. The number of sulfone groups is 1. The maximum Gasteiger partial charge on any atom is 0.252 e. The molecule has 1 fully saturated rings. The molecule has 9 nitrogen and oxygen atoms in total. The number of benzene rings is 1. The van der Waals surface area contributed by atoms with E-state index in [1.54, 1.807) is 12.3 Å². The van der Waals surface area contributed by atoms with E-state index in [0.29, 0.717) is 16.0 Å². The van der Waals surface area contributed by atoms with Crippen LogP contribution >= 0.6 is 15.9 Å². The fourth-order valence-corrected chi connectivity index (χ4v) is 7.35. The standard InChI is InChI=1S/C26H24BrF2N7O2S/c1-25(2)15-7-9-26(25,22-14(15)11-19(33-34-22)21-17(28)5-4-6-18(21)29)23-16(27)12-30-24(32-23)36-13-31-20(35-36)8-10-39(3,37)38/h4-6,11-13,15H,7-10H2,1-3H3/t15-,26-/m0/s1. The third kappa shape index (κ3) is 4.00. The monoisotopic (exact) mass is 615 g/mol. The maximum absolute atomic E-state index is 14.6. The van der Waals surface area contributed by atoms with E-state index in [2.05, 4.69) is 55.0 Å². The summed E-state index contributed by atoms with van der Waals surface area (Å²) in [5, 5.41) is 13.3. The summed E-state index contributed by atoms with van der Waals surface area (Å²) in [6.07, 6.45) is 6.07. The zero-order chi connectivity index (χ0) is 27.7. The van der Waals surface area contributed by atoms with E-state index in [1.165, 1.54) is 35.5 Å². The molecular weight excluding hydrogens is 592 g/mol. The summed E-state index contributed by atoms with van der Waals surface area (Å²) in [5.41, 5.74) is 1.36. The highest BCUT2D eigenvalue weighted by Crippen LogP contribution is 2.70. The second kappa shape index (κ2) is 8.91. The van der Waals surface area contributed by atoms with Crippen LogP contribution in [0.1, 0.15) is 55.4 Å². The van der Waals surface area contributed by atoms with Crippen LogP contribution in [0.15, 0.2) is 41.3 Å². The first-order valence-electron chi connectivity index (χ1n) is 12.4. The molecule has 0 saturated heterocycles.